The third kappa shape index (κ3) is 8.67. The number of carbonyl (C=O) groups excluding carboxylic acids is 2. The topological polar surface area (TPSA) is 77.2 Å². The molecule has 3 fully saturated rings. The second kappa shape index (κ2) is 12.4. The van der Waals surface area contributed by atoms with Gasteiger partial charge in [0, 0.05) is 25.0 Å². The second-order valence-electron chi connectivity index (χ2n) is 11.9. The normalized spacial score (nSPS) is 29.9. The van der Waals surface area contributed by atoms with Crippen molar-refractivity contribution in [3.63, 3.8) is 0 Å². The number of benzene rings is 1. The minimum absolute atomic E-state index is 0.0473. The molecule has 6 heteroatoms. The first kappa shape index (κ1) is 28.3. The van der Waals surface area contributed by atoms with E-state index in [0.29, 0.717) is 11.5 Å². The molecule has 1 aromatic rings. The van der Waals surface area contributed by atoms with E-state index in [0.717, 1.165) is 51.6 Å². The monoisotopic (exact) mass is 521 g/mol. The average molecular weight is 522 g/mol. The SMILES string of the molecule is CC(C=C[C@@H]1C[C@]2(CO2)CC(C)(C)O1)=CCC1CCC(NC(=O)C=C[C@H](C)OC(=O)c2ccccc2)CC1. The van der Waals surface area contributed by atoms with Gasteiger partial charge in [0.15, 0.2) is 0 Å². The first-order chi connectivity index (χ1) is 18.1. The third-order valence-corrected chi connectivity index (χ3v) is 7.71. The maximum atomic E-state index is 12.4. The van der Waals surface area contributed by atoms with Crippen LogP contribution in [0.15, 0.2) is 66.3 Å². The number of hydrogen-bond acceptors (Lipinski definition) is 5. The van der Waals surface area contributed by atoms with E-state index >= 15 is 0 Å². The molecule has 1 amide bonds. The molecule has 0 radical (unpaired) electrons. The van der Waals surface area contributed by atoms with E-state index in [9.17, 15) is 9.59 Å². The van der Waals surface area contributed by atoms with Crippen LogP contribution < -0.4 is 5.32 Å². The van der Waals surface area contributed by atoms with Gasteiger partial charge in [0.2, 0.25) is 5.91 Å². The van der Waals surface area contributed by atoms with Crippen LogP contribution in [0.2, 0.25) is 0 Å². The Balaban J connectivity index is 1.14. The summed E-state index contributed by atoms with van der Waals surface area (Å²) in [6, 6.07) is 9.05. The molecule has 0 unspecified atom stereocenters. The van der Waals surface area contributed by atoms with Gasteiger partial charge in [-0.2, -0.15) is 0 Å². The van der Waals surface area contributed by atoms with Crippen LogP contribution in [-0.4, -0.2) is 47.9 Å². The molecule has 2 aliphatic heterocycles. The molecule has 1 saturated carbocycles. The van der Waals surface area contributed by atoms with Gasteiger partial charge in [0.05, 0.1) is 29.5 Å². The van der Waals surface area contributed by atoms with Crippen LogP contribution in [0.25, 0.3) is 0 Å². The summed E-state index contributed by atoms with van der Waals surface area (Å²) in [6.07, 6.45) is 16.6. The van der Waals surface area contributed by atoms with E-state index in [1.165, 1.54) is 11.6 Å². The number of ether oxygens (including phenoxy) is 3. The van der Waals surface area contributed by atoms with Crippen LogP contribution in [0.1, 0.15) is 83.0 Å². The minimum atomic E-state index is -0.479. The Morgan fingerprint density at radius 3 is 2.53 bits per heavy atom. The highest BCUT2D eigenvalue weighted by molar-refractivity contribution is 5.90. The first-order valence-electron chi connectivity index (χ1n) is 14.0. The highest BCUT2D eigenvalue weighted by Crippen LogP contribution is 2.46. The van der Waals surface area contributed by atoms with E-state index in [1.54, 1.807) is 37.3 Å². The van der Waals surface area contributed by atoms with Gasteiger partial charge in [0.1, 0.15) is 6.10 Å². The van der Waals surface area contributed by atoms with Gasteiger partial charge in [-0.3, -0.25) is 4.79 Å². The number of esters is 1. The lowest BCUT2D eigenvalue weighted by atomic mass is 9.83. The molecule has 1 N–H and O–H groups in total. The number of epoxide rings is 1. The van der Waals surface area contributed by atoms with Crippen LogP contribution in [-0.2, 0) is 19.0 Å². The van der Waals surface area contributed by atoms with Crippen LogP contribution >= 0.6 is 0 Å². The molecule has 3 atom stereocenters. The predicted octanol–water partition coefficient (Wildman–Crippen LogP) is 6.08. The zero-order valence-electron chi connectivity index (χ0n) is 23.3. The number of carbonyl (C=O) groups is 2. The molecule has 0 bridgehead atoms. The van der Waals surface area contributed by atoms with Crippen molar-refractivity contribution in [2.45, 2.75) is 102 Å². The Labute approximate surface area is 227 Å². The minimum Gasteiger partial charge on any atom is -0.455 e. The Kier molecular flexibility index (Phi) is 9.27. The fourth-order valence-corrected chi connectivity index (χ4v) is 5.68. The first-order valence-corrected chi connectivity index (χ1v) is 14.0. The van der Waals surface area contributed by atoms with Crippen LogP contribution in [0.3, 0.4) is 0 Å². The molecule has 38 heavy (non-hydrogen) atoms. The zero-order valence-corrected chi connectivity index (χ0v) is 23.3. The molecule has 1 spiro atoms. The van der Waals surface area contributed by atoms with Crippen LogP contribution in [0, 0.1) is 5.92 Å². The largest absolute Gasteiger partial charge is 0.455 e. The van der Waals surface area contributed by atoms with Gasteiger partial charge < -0.3 is 19.5 Å². The number of hydrogen-bond donors (Lipinski definition) is 1. The van der Waals surface area contributed by atoms with Crippen molar-refractivity contribution in [2.75, 3.05) is 6.61 Å². The van der Waals surface area contributed by atoms with E-state index in [1.807, 2.05) is 6.07 Å². The molecular weight excluding hydrogens is 478 g/mol. The number of amides is 1. The van der Waals surface area contributed by atoms with Crippen molar-refractivity contribution < 1.29 is 23.8 Å². The molecular formula is C32H43NO5. The van der Waals surface area contributed by atoms with Gasteiger partial charge in [-0.1, -0.05) is 42.0 Å². The predicted molar refractivity (Wildman–Crippen MR) is 149 cm³/mol. The summed E-state index contributed by atoms with van der Waals surface area (Å²) < 4.78 is 17.4. The maximum Gasteiger partial charge on any atom is 0.338 e. The van der Waals surface area contributed by atoms with Crippen molar-refractivity contribution in [1.29, 1.82) is 0 Å². The highest BCUT2D eigenvalue weighted by atomic mass is 16.6. The van der Waals surface area contributed by atoms with E-state index in [2.05, 4.69) is 44.3 Å². The Hall–Kier alpha value is -2.70. The van der Waals surface area contributed by atoms with Crippen molar-refractivity contribution >= 4 is 11.9 Å². The van der Waals surface area contributed by atoms with Crippen LogP contribution in [0.5, 0.6) is 0 Å². The fourth-order valence-electron chi connectivity index (χ4n) is 5.68. The number of rotatable bonds is 9. The van der Waals surface area contributed by atoms with Gasteiger partial charge >= 0.3 is 5.97 Å². The molecule has 0 aromatic heterocycles. The average Bonchev–Trinajstić information content (AvgIpc) is 3.62. The summed E-state index contributed by atoms with van der Waals surface area (Å²) in [5.74, 6) is 0.115. The zero-order chi connectivity index (χ0) is 27.2. The molecule has 2 heterocycles. The molecule has 6 nitrogen and oxygen atoms in total. The van der Waals surface area contributed by atoms with Gasteiger partial charge in [-0.05, 0) is 83.9 Å². The van der Waals surface area contributed by atoms with Gasteiger partial charge in [-0.25, -0.2) is 4.79 Å². The fraction of sp³-hybridized carbons (Fsp3) is 0.562. The van der Waals surface area contributed by atoms with Crippen molar-refractivity contribution in [2.24, 2.45) is 5.92 Å². The van der Waals surface area contributed by atoms with Crippen LogP contribution in [0.4, 0.5) is 0 Å². The number of allylic oxidation sites excluding steroid dienone is 3. The van der Waals surface area contributed by atoms with E-state index < -0.39 is 12.1 Å². The van der Waals surface area contributed by atoms with Crippen molar-refractivity contribution in [1.82, 2.24) is 5.32 Å². The maximum absolute atomic E-state index is 12.4. The number of nitrogens with one attached hydrogen (secondary N) is 1. The van der Waals surface area contributed by atoms with Crippen molar-refractivity contribution in [3.05, 3.63) is 71.8 Å². The van der Waals surface area contributed by atoms with E-state index in [4.69, 9.17) is 14.2 Å². The molecule has 1 aliphatic carbocycles. The molecule has 4 rings (SSSR count). The lowest BCUT2D eigenvalue weighted by Crippen LogP contribution is -2.43. The lowest BCUT2D eigenvalue weighted by Gasteiger charge is -2.38. The van der Waals surface area contributed by atoms with Gasteiger partial charge in [-0.15, -0.1) is 0 Å². The molecule has 206 valence electrons. The molecule has 1 aromatic carbocycles. The summed E-state index contributed by atoms with van der Waals surface area (Å²) >= 11 is 0. The summed E-state index contributed by atoms with van der Waals surface area (Å²) in [7, 11) is 0. The Morgan fingerprint density at radius 1 is 1.13 bits per heavy atom. The molecule has 2 saturated heterocycles. The summed E-state index contributed by atoms with van der Waals surface area (Å²) in [5.41, 5.74) is 1.67. The summed E-state index contributed by atoms with van der Waals surface area (Å²) in [6.45, 7) is 9.07. The summed E-state index contributed by atoms with van der Waals surface area (Å²) in [5, 5.41) is 3.10. The van der Waals surface area contributed by atoms with Gasteiger partial charge in [0.25, 0.3) is 0 Å². The summed E-state index contributed by atoms with van der Waals surface area (Å²) in [4.78, 5) is 24.5. The van der Waals surface area contributed by atoms with Crippen molar-refractivity contribution in [3.8, 4) is 0 Å². The standard InChI is InChI=1S/C32H43NO5/c1-23(11-18-28-20-32(22-36-32)21-31(3,4)38-28)10-13-25-14-16-27(17-15-25)33-29(34)19-12-24(2)37-30(35)26-8-6-5-7-9-26/h5-12,18-19,24-25,27-28H,13-17,20-22H2,1-4H3,(H,33,34)/t24-,25?,27?,28+,32+/m0/s1. The second-order valence-corrected chi connectivity index (χ2v) is 11.9. The molecule has 3 aliphatic rings. The lowest BCUT2D eigenvalue weighted by molar-refractivity contribution is -0.117. The highest BCUT2D eigenvalue weighted by Gasteiger charge is 2.53. The third-order valence-electron chi connectivity index (χ3n) is 7.71. The Morgan fingerprint density at radius 2 is 1.84 bits per heavy atom. The Bertz CT molecular complexity index is 1040. The quantitative estimate of drug-likeness (QED) is 0.184. The van der Waals surface area contributed by atoms with E-state index in [-0.39, 0.29) is 29.3 Å². The smallest absolute Gasteiger partial charge is 0.338 e.